The highest BCUT2D eigenvalue weighted by Gasteiger charge is 2.29. The molecule has 2 heterocycles. The van der Waals surface area contributed by atoms with Gasteiger partial charge < -0.3 is 10.1 Å². The molecule has 0 aliphatic carbocycles. The van der Waals surface area contributed by atoms with Gasteiger partial charge in [0.05, 0.1) is 17.3 Å². The van der Waals surface area contributed by atoms with Crippen LogP contribution in [0.15, 0.2) is 70.6 Å². The summed E-state index contributed by atoms with van der Waals surface area (Å²) in [7, 11) is -3.88. The average molecular weight is 433 g/mol. The van der Waals surface area contributed by atoms with Crippen molar-refractivity contribution in [2.24, 2.45) is 4.99 Å². The molecule has 3 aromatic rings. The van der Waals surface area contributed by atoms with Crippen LogP contribution in [0.5, 0.6) is 11.5 Å². The lowest BCUT2D eigenvalue weighted by Gasteiger charge is -2.23. The largest absolute Gasteiger partial charge is 0.454 e. The first-order valence-corrected chi connectivity index (χ1v) is 10.3. The van der Waals surface area contributed by atoms with E-state index in [1.807, 2.05) is 0 Å². The second-order valence-electron chi connectivity index (χ2n) is 6.01. The van der Waals surface area contributed by atoms with Gasteiger partial charge in [-0.2, -0.15) is 4.39 Å². The third-order valence-corrected chi connectivity index (χ3v) is 5.67. The first kappa shape index (κ1) is 19.2. The highest BCUT2D eigenvalue weighted by molar-refractivity contribution is 7.90. The van der Waals surface area contributed by atoms with Gasteiger partial charge in [0.15, 0.2) is 5.75 Å². The Bertz CT molecular complexity index is 1220. The van der Waals surface area contributed by atoms with Crippen LogP contribution >= 0.6 is 11.6 Å². The van der Waals surface area contributed by atoms with E-state index in [0.29, 0.717) is 16.5 Å². The van der Waals surface area contributed by atoms with Crippen LogP contribution in [0.25, 0.3) is 0 Å². The number of fused-ring (bicyclic) bond motifs is 1. The number of sulfonamides is 1. The molecule has 2 N–H and O–H groups in total. The Morgan fingerprint density at radius 3 is 2.59 bits per heavy atom. The molecule has 0 atom stereocenters. The lowest BCUT2D eigenvalue weighted by molar-refractivity contribution is 0.483. The number of nitrogens with one attached hydrogen (secondary N) is 2. The number of ether oxygens (including phenoxy) is 1. The van der Waals surface area contributed by atoms with Gasteiger partial charge in [-0.3, -0.25) is 0 Å². The van der Waals surface area contributed by atoms with Crippen molar-refractivity contribution in [3.05, 3.63) is 77.3 Å². The van der Waals surface area contributed by atoms with Gasteiger partial charge in [-0.1, -0.05) is 35.9 Å². The first-order valence-electron chi connectivity index (χ1n) is 8.43. The van der Waals surface area contributed by atoms with E-state index >= 15 is 0 Å². The quantitative estimate of drug-likeness (QED) is 0.609. The fourth-order valence-corrected chi connectivity index (χ4v) is 4.02. The molecule has 0 spiro atoms. The third-order valence-electron chi connectivity index (χ3n) is 3.98. The SMILES string of the molecule is O=S1(=O)NC(=NCc2cccc(F)n2)Nc2c(Oc3ccccc3Cl)cccc21. The molecule has 0 amide bonds. The van der Waals surface area contributed by atoms with Gasteiger partial charge in [-0.15, -0.1) is 0 Å². The Kier molecular flexibility index (Phi) is 5.08. The Morgan fingerprint density at radius 1 is 1.03 bits per heavy atom. The van der Waals surface area contributed by atoms with Gasteiger partial charge in [0.2, 0.25) is 11.9 Å². The topological polar surface area (TPSA) is 92.7 Å². The van der Waals surface area contributed by atoms with Crippen molar-refractivity contribution in [1.82, 2.24) is 9.71 Å². The molecular formula is C19H14ClFN4O3S. The summed E-state index contributed by atoms with van der Waals surface area (Å²) in [6, 6.07) is 15.8. The minimum absolute atomic E-state index is 0.00452. The number of anilines is 1. The van der Waals surface area contributed by atoms with Crippen LogP contribution in [0.2, 0.25) is 5.02 Å². The number of hydrogen-bond acceptors (Lipinski definition) is 5. The standard InChI is InChI=1S/C19H14ClFN4O3S/c20-13-6-1-2-7-14(13)28-15-8-4-9-16-18(15)24-19(25-29(16,26)27)22-11-12-5-3-10-17(21)23-12/h1-10H,11H2,(H2,22,24,25). The first-order chi connectivity index (χ1) is 13.9. The smallest absolute Gasteiger partial charge is 0.266 e. The van der Waals surface area contributed by atoms with E-state index in [4.69, 9.17) is 16.3 Å². The second kappa shape index (κ2) is 7.69. The van der Waals surface area contributed by atoms with Crippen LogP contribution in [0.4, 0.5) is 10.1 Å². The molecule has 0 unspecified atom stereocenters. The second-order valence-corrected chi connectivity index (χ2v) is 8.07. The molecule has 10 heteroatoms. The summed E-state index contributed by atoms with van der Waals surface area (Å²) >= 11 is 6.14. The fourth-order valence-electron chi connectivity index (χ4n) is 2.69. The number of aliphatic imine (C=N–C) groups is 1. The molecular weight excluding hydrogens is 419 g/mol. The highest BCUT2D eigenvalue weighted by atomic mass is 35.5. The van der Waals surface area contributed by atoms with Crippen molar-refractivity contribution in [2.45, 2.75) is 11.4 Å². The fraction of sp³-hybridized carbons (Fsp3) is 0.0526. The van der Waals surface area contributed by atoms with Crippen molar-refractivity contribution in [2.75, 3.05) is 5.32 Å². The maximum Gasteiger partial charge on any atom is 0.266 e. The van der Waals surface area contributed by atoms with Crippen LogP contribution in [-0.2, 0) is 16.6 Å². The van der Waals surface area contributed by atoms with Gasteiger partial charge in [0.25, 0.3) is 10.0 Å². The lowest BCUT2D eigenvalue weighted by Crippen LogP contribution is -2.40. The van der Waals surface area contributed by atoms with Crippen molar-refractivity contribution in [3.63, 3.8) is 0 Å². The summed E-state index contributed by atoms with van der Waals surface area (Å²) in [4.78, 5) is 7.87. The van der Waals surface area contributed by atoms with E-state index in [1.54, 1.807) is 42.5 Å². The van der Waals surface area contributed by atoms with Crippen LogP contribution in [0.3, 0.4) is 0 Å². The van der Waals surface area contributed by atoms with Gasteiger partial charge in [0, 0.05) is 0 Å². The Balaban J connectivity index is 1.68. The number of nitrogens with zero attached hydrogens (tertiary/aromatic N) is 2. The van der Waals surface area contributed by atoms with E-state index in [9.17, 15) is 12.8 Å². The number of benzene rings is 2. The normalized spacial score (nSPS) is 15.9. The number of halogens is 2. The molecule has 4 rings (SSSR count). The highest BCUT2D eigenvalue weighted by Crippen LogP contribution is 2.38. The summed E-state index contributed by atoms with van der Waals surface area (Å²) in [6.07, 6.45) is 0. The number of rotatable bonds is 4. The Labute approximate surface area is 171 Å². The Morgan fingerprint density at radius 2 is 1.79 bits per heavy atom. The average Bonchev–Trinajstić information content (AvgIpc) is 2.68. The zero-order chi connectivity index (χ0) is 20.4. The van der Waals surface area contributed by atoms with Gasteiger partial charge in [0.1, 0.15) is 16.3 Å². The number of para-hydroxylation sites is 2. The monoisotopic (exact) mass is 432 g/mol. The molecule has 1 aliphatic heterocycles. The minimum atomic E-state index is -3.88. The molecule has 0 saturated heterocycles. The van der Waals surface area contributed by atoms with Crippen molar-refractivity contribution >= 4 is 33.3 Å². The molecule has 0 saturated carbocycles. The molecule has 1 aromatic heterocycles. The van der Waals surface area contributed by atoms with Crippen LogP contribution in [-0.4, -0.2) is 19.4 Å². The van der Waals surface area contributed by atoms with Crippen LogP contribution in [0, 0.1) is 5.95 Å². The van der Waals surface area contributed by atoms with E-state index in [2.05, 4.69) is 20.0 Å². The predicted octanol–water partition coefficient (Wildman–Crippen LogP) is 3.93. The van der Waals surface area contributed by atoms with E-state index < -0.39 is 16.0 Å². The van der Waals surface area contributed by atoms with Crippen molar-refractivity contribution in [1.29, 1.82) is 0 Å². The molecule has 29 heavy (non-hydrogen) atoms. The summed E-state index contributed by atoms with van der Waals surface area (Å²) < 4.78 is 46.7. The maximum absolute atomic E-state index is 13.2. The number of hydrogen-bond donors (Lipinski definition) is 2. The molecule has 7 nitrogen and oxygen atoms in total. The summed E-state index contributed by atoms with van der Waals surface area (Å²) in [6.45, 7) is -0.0223. The molecule has 0 bridgehead atoms. The van der Waals surface area contributed by atoms with Crippen LogP contribution in [0.1, 0.15) is 5.69 Å². The molecule has 0 fully saturated rings. The summed E-state index contributed by atoms with van der Waals surface area (Å²) in [5.74, 6) is -0.0283. The molecule has 148 valence electrons. The van der Waals surface area contributed by atoms with E-state index in [-0.39, 0.29) is 28.8 Å². The molecule has 1 aliphatic rings. The minimum Gasteiger partial charge on any atom is -0.454 e. The number of guanidine groups is 1. The molecule has 0 radical (unpaired) electrons. The zero-order valence-corrected chi connectivity index (χ0v) is 16.3. The third kappa shape index (κ3) is 4.15. The van der Waals surface area contributed by atoms with E-state index in [1.165, 1.54) is 18.2 Å². The van der Waals surface area contributed by atoms with Crippen molar-refractivity contribution < 1.29 is 17.5 Å². The lowest BCUT2D eigenvalue weighted by atomic mass is 10.2. The van der Waals surface area contributed by atoms with Gasteiger partial charge >= 0.3 is 0 Å². The van der Waals surface area contributed by atoms with Crippen molar-refractivity contribution in [3.8, 4) is 11.5 Å². The van der Waals surface area contributed by atoms with Gasteiger partial charge in [-0.25, -0.2) is 23.1 Å². The van der Waals surface area contributed by atoms with E-state index in [0.717, 1.165) is 0 Å². The predicted molar refractivity (Wildman–Crippen MR) is 107 cm³/mol. The van der Waals surface area contributed by atoms with Crippen LogP contribution < -0.4 is 14.8 Å². The Hall–Kier alpha value is -3.17. The summed E-state index contributed by atoms with van der Waals surface area (Å²) in [5, 5.41) is 3.30. The summed E-state index contributed by atoms with van der Waals surface area (Å²) in [5.41, 5.74) is 0.571. The molecule has 2 aromatic carbocycles. The van der Waals surface area contributed by atoms with Gasteiger partial charge in [-0.05, 0) is 36.4 Å². The zero-order valence-electron chi connectivity index (χ0n) is 14.8. The number of aromatic nitrogens is 1. The maximum atomic E-state index is 13.2. The number of pyridine rings is 1.